The number of thiazole rings is 1. The number of ether oxygens (including phenoxy) is 1. The largest absolute Gasteiger partial charge is 0.490 e. The van der Waals surface area contributed by atoms with E-state index in [4.69, 9.17) is 14.6 Å². The van der Waals surface area contributed by atoms with Gasteiger partial charge in [-0.3, -0.25) is 9.69 Å². The molecule has 2 aromatic rings. The van der Waals surface area contributed by atoms with Crippen LogP contribution in [0.1, 0.15) is 55.0 Å². The Kier molecular flexibility index (Phi) is 8.19. The van der Waals surface area contributed by atoms with E-state index in [-0.39, 0.29) is 17.4 Å². The van der Waals surface area contributed by atoms with Gasteiger partial charge in [-0.1, -0.05) is 18.2 Å². The van der Waals surface area contributed by atoms with E-state index in [0.29, 0.717) is 6.42 Å². The van der Waals surface area contributed by atoms with Gasteiger partial charge < -0.3 is 15.2 Å². The van der Waals surface area contributed by atoms with Gasteiger partial charge in [0.25, 0.3) is 0 Å². The number of hydrogen-bond acceptors (Lipinski definition) is 6. The van der Waals surface area contributed by atoms with Gasteiger partial charge in [-0.25, -0.2) is 9.78 Å². The number of carboxylic acids is 1. The first-order valence-electron chi connectivity index (χ1n) is 12.1. The summed E-state index contributed by atoms with van der Waals surface area (Å²) in [5, 5.41) is 13.5. The molecule has 1 aromatic heterocycles. The van der Waals surface area contributed by atoms with E-state index in [1.54, 1.807) is 11.3 Å². The molecule has 1 saturated heterocycles. The lowest BCUT2D eigenvalue weighted by Crippen LogP contribution is -2.50. The molecule has 7 nitrogen and oxygen atoms in total. The summed E-state index contributed by atoms with van der Waals surface area (Å²) in [7, 11) is 0. The van der Waals surface area contributed by atoms with Gasteiger partial charge in [0.2, 0.25) is 5.91 Å². The van der Waals surface area contributed by atoms with Crippen molar-refractivity contribution in [1.29, 1.82) is 0 Å². The van der Waals surface area contributed by atoms with Crippen molar-refractivity contribution in [3.05, 3.63) is 46.4 Å². The molecule has 3 aliphatic rings. The van der Waals surface area contributed by atoms with Crippen LogP contribution < -0.4 is 10.1 Å². The molecule has 1 aliphatic carbocycles. The lowest BCUT2D eigenvalue weighted by molar-refractivity contribution is -0.192. The van der Waals surface area contributed by atoms with Crippen molar-refractivity contribution < 1.29 is 32.6 Å². The summed E-state index contributed by atoms with van der Waals surface area (Å²) in [5.41, 5.74) is 1.06. The number of alkyl halides is 3. The average molecular weight is 526 g/mol. The summed E-state index contributed by atoms with van der Waals surface area (Å²) in [6, 6.07) is 8.32. The van der Waals surface area contributed by atoms with Gasteiger partial charge in [-0.05, 0) is 49.7 Å². The summed E-state index contributed by atoms with van der Waals surface area (Å²) in [4.78, 5) is 28.4. The molecular formula is C25H30F3N3O4S. The minimum absolute atomic E-state index is 0.144. The highest BCUT2D eigenvalue weighted by molar-refractivity contribution is 7.09. The van der Waals surface area contributed by atoms with Crippen LogP contribution in [0.4, 0.5) is 13.2 Å². The quantitative estimate of drug-likeness (QED) is 0.573. The van der Waals surface area contributed by atoms with Gasteiger partial charge in [0.15, 0.2) is 0 Å². The minimum Gasteiger partial charge on any atom is -0.487 e. The molecule has 2 aliphatic heterocycles. The number of piperidine rings is 1. The van der Waals surface area contributed by atoms with Crippen molar-refractivity contribution in [2.24, 2.45) is 5.92 Å². The zero-order valence-corrected chi connectivity index (χ0v) is 20.6. The van der Waals surface area contributed by atoms with Crippen LogP contribution in [0.3, 0.4) is 0 Å². The number of nitrogens with one attached hydrogen (secondary N) is 1. The standard InChI is InChI=1S/C23H29N3O2S.C2HF3O2/c27-21(25-15-17-5-6-17)13-18-14-23(28-20-4-2-1-3-19(18)20)7-10-26(11-8-23)16-22-24-9-12-29-22;3-2(4,5)1(6)7/h1-4,9,12,17-18H,5-8,10-11,13-16H2,(H,25,27);(H,6,7). The number of likely N-dealkylation sites (tertiary alicyclic amines) is 1. The molecule has 3 heterocycles. The van der Waals surface area contributed by atoms with Crippen molar-refractivity contribution in [3.63, 3.8) is 0 Å². The van der Waals surface area contributed by atoms with Crippen LogP contribution in [0, 0.1) is 5.92 Å². The number of para-hydroxylation sites is 1. The molecule has 196 valence electrons. The smallest absolute Gasteiger partial charge is 0.487 e. The van der Waals surface area contributed by atoms with Gasteiger partial charge in [-0.2, -0.15) is 13.2 Å². The molecule has 0 radical (unpaired) electrons. The number of aliphatic carboxylic acids is 1. The van der Waals surface area contributed by atoms with Crippen LogP contribution in [0.5, 0.6) is 5.75 Å². The topological polar surface area (TPSA) is 91.8 Å². The van der Waals surface area contributed by atoms with Crippen molar-refractivity contribution in [3.8, 4) is 5.75 Å². The first kappa shape index (κ1) is 26.4. The maximum atomic E-state index is 12.6. The number of aromatic nitrogens is 1. The SMILES string of the molecule is O=C(CC1CC2(CCN(Cc3nccs3)CC2)Oc2ccccc21)NCC1CC1.O=C(O)C(F)(F)F. The normalized spacial score (nSPS) is 21.0. The number of carbonyl (C=O) groups excluding carboxylic acids is 1. The minimum atomic E-state index is -5.08. The maximum Gasteiger partial charge on any atom is 0.490 e. The first-order chi connectivity index (χ1) is 17.1. The molecular weight excluding hydrogens is 495 g/mol. The van der Waals surface area contributed by atoms with E-state index in [2.05, 4.69) is 33.4 Å². The number of amides is 1. The molecule has 1 saturated carbocycles. The average Bonchev–Trinajstić information content (AvgIpc) is 3.53. The second-order valence-electron chi connectivity index (χ2n) is 9.68. The third-order valence-corrected chi connectivity index (χ3v) is 7.64. The highest BCUT2D eigenvalue weighted by Gasteiger charge is 2.43. The van der Waals surface area contributed by atoms with Gasteiger partial charge >= 0.3 is 12.1 Å². The number of benzene rings is 1. The molecule has 5 rings (SSSR count). The van der Waals surface area contributed by atoms with Gasteiger partial charge in [-0.15, -0.1) is 11.3 Å². The summed E-state index contributed by atoms with van der Waals surface area (Å²) in [6.07, 6.45) is 2.84. The Morgan fingerprint density at radius 1 is 1.22 bits per heavy atom. The zero-order valence-electron chi connectivity index (χ0n) is 19.8. The second kappa shape index (κ2) is 11.2. The molecule has 1 aromatic carbocycles. The van der Waals surface area contributed by atoms with Crippen molar-refractivity contribution in [1.82, 2.24) is 15.2 Å². The molecule has 2 fully saturated rings. The Morgan fingerprint density at radius 2 is 1.92 bits per heavy atom. The van der Waals surface area contributed by atoms with E-state index in [1.165, 1.54) is 23.4 Å². The number of nitrogens with zero attached hydrogens (tertiary/aromatic N) is 2. The van der Waals surface area contributed by atoms with E-state index >= 15 is 0 Å². The number of carboxylic acid groups (broad SMARTS) is 1. The molecule has 2 N–H and O–H groups in total. The van der Waals surface area contributed by atoms with E-state index < -0.39 is 12.1 Å². The highest BCUT2D eigenvalue weighted by atomic mass is 32.1. The third-order valence-electron chi connectivity index (χ3n) is 6.87. The molecule has 1 atom stereocenters. The Bertz CT molecular complexity index is 1040. The molecule has 1 unspecified atom stereocenters. The fourth-order valence-corrected chi connectivity index (χ4v) is 5.41. The fourth-order valence-electron chi connectivity index (χ4n) is 4.75. The van der Waals surface area contributed by atoms with Gasteiger partial charge in [0.05, 0.1) is 6.54 Å². The number of rotatable bonds is 6. The van der Waals surface area contributed by atoms with E-state index in [1.807, 2.05) is 17.6 Å². The molecule has 1 amide bonds. The Balaban J connectivity index is 0.000000384. The van der Waals surface area contributed by atoms with Crippen LogP contribution in [-0.2, 0) is 16.1 Å². The van der Waals surface area contributed by atoms with Crippen molar-refractivity contribution in [2.75, 3.05) is 19.6 Å². The zero-order chi connectivity index (χ0) is 25.8. The van der Waals surface area contributed by atoms with Gasteiger partial charge in [0, 0.05) is 43.5 Å². The van der Waals surface area contributed by atoms with Crippen LogP contribution in [0.2, 0.25) is 0 Å². The summed E-state index contributed by atoms with van der Waals surface area (Å²) in [5.74, 6) is -0.631. The van der Waals surface area contributed by atoms with E-state index in [9.17, 15) is 18.0 Å². The number of halogens is 3. The van der Waals surface area contributed by atoms with Crippen molar-refractivity contribution in [2.45, 2.75) is 62.8 Å². The summed E-state index contributed by atoms with van der Waals surface area (Å²) in [6.45, 7) is 3.81. The van der Waals surface area contributed by atoms with Crippen molar-refractivity contribution >= 4 is 23.2 Å². The van der Waals surface area contributed by atoms with E-state index in [0.717, 1.165) is 57.1 Å². The van der Waals surface area contributed by atoms with Gasteiger partial charge in [0.1, 0.15) is 16.4 Å². The summed E-state index contributed by atoms with van der Waals surface area (Å²) < 4.78 is 38.3. The molecule has 0 bridgehead atoms. The molecule has 1 spiro atoms. The summed E-state index contributed by atoms with van der Waals surface area (Å²) >= 11 is 1.72. The van der Waals surface area contributed by atoms with Crippen LogP contribution in [0.25, 0.3) is 0 Å². The number of fused-ring (bicyclic) bond motifs is 1. The third kappa shape index (κ3) is 7.19. The monoisotopic (exact) mass is 525 g/mol. The predicted octanol–water partition coefficient (Wildman–Crippen LogP) is 4.59. The second-order valence-corrected chi connectivity index (χ2v) is 10.7. The highest BCUT2D eigenvalue weighted by Crippen LogP contribution is 2.46. The Labute approximate surface area is 211 Å². The lowest BCUT2D eigenvalue weighted by atomic mass is 9.76. The van der Waals surface area contributed by atoms with Crippen LogP contribution >= 0.6 is 11.3 Å². The van der Waals surface area contributed by atoms with Crippen LogP contribution in [-0.4, -0.2) is 58.3 Å². The number of hydrogen-bond donors (Lipinski definition) is 2. The first-order valence-corrected chi connectivity index (χ1v) is 13.0. The molecule has 36 heavy (non-hydrogen) atoms. The maximum absolute atomic E-state index is 12.6. The molecule has 11 heteroatoms. The Hall–Kier alpha value is -2.66. The Morgan fingerprint density at radius 3 is 2.53 bits per heavy atom. The predicted molar refractivity (Wildman–Crippen MR) is 128 cm³/mol. The lowest BCUT2D eigenvalue weighted by Gasteiger charge is -2.46. The van der Waals surface area contributed by atoms with Crippen LogP contribution in [0.15, 0.2) is 35.8 Å². The fraction of sp³-hybridized carbons (Fsp3) is 0.560. The number of carbonyl (C=O) groups is 2.